The van der Waals surface area contributed by atoms with Crippen LogP contribution in [0.25, 0.3) is 0 Å². The van der Waals surface area contributed by atoms with E-state index in [1.165, 1.54) is 14.2 Å². The minimum absolute atomic E-state index is 0.0892. The molecule has 2 aliphatic rings. The summed E-state index contributed by atoms with van der Waals surface area (Å²) in [4.78, 5) is 51.5. The molecule has 6 atom stereocenters. The minimum atomic E-state index is -0.963. The van der Waals surface area contributed by atoms with Gasteiger partial charge in [0.2, 0.25) is 11.6 Å². The summed E-state index contributed by atoms with van der Waals surface area (Å²) in [6, 6.07) is -0.103. The van der Waals surface area contributed by atoms with Gasteiger partial charge < -0.3 is 35.7 Å². The number of carbonyl (C=O) groups excluding carboxylic acids is 4. The fourth-order valence-corrected chi connectivity index (χ4v) is 5.34. The third-order valence-corrected chi connectivity index (χ3v) is 7.55. The van der Waals surface area contributed by atoms with E-state index < -0.39 is 53.9 Å². The Kier molecular flexibility index (Phi) is 13.1. The van der Waals surface area contributed by atoms with Crippen molar-refractivity contribution >= 4 is 23.6 Å². The molecule has 42 heavy (non-hydrogen) atoms. The van der Waals surface area contributed by atoms with E-state index in [-0.39, 0.29) is 35.3 Å². The number of nitrogens with two attached hydrogens (primary N) is 1. The van der Waals surface area contributed by atoms with Gasteiger partial charge in [0, 0.05) is 43.4 Å². The Morgan fingerprint density at radius 1 is 1.12 bits per heavy atom. The molecular weight excluding hydrogens is 542 g/mol. The molecule has 11 nitrogen and oxygen atoms in total. The lowest BCUT2D eigenvalue weighted by Gasteiger charge is -2.30. The SMILES string of the molecule is CO[C@H]1C[C@H](C)CC2=C(NC(C)C)C(=O)C=C(NC(=O)/C(C)=C/CC[C@H](OC)[C@@H](OC(N)=O)/C(C)=C/[C@H](C)[C@H]1O)C2=O. The second-order valence-electron chi connectivity index (χ2n) is 11.5. The number of ketones is 2. The van der Waals surface area contributed by atoms with Crippen LogP contribution >= 0.6 is 0 Å². The molecule has 1 heterocycles. The van der Waals surface area contributed by atoms with E-state index in [0.717, 1.165) is 6.08 Å². The van der Waals surface area contributed by atoms with Crippen LogP contribution in [0, 0.1) is 11.8 Å². The number of fused-ring (bicyclic) bond motifs is 2. The van der Waals surface area contributed by atoms with Crippen LogP contribution < -0.4 is 16.4 Å². The summed E-state index contributed by atoms with van der Waals surface area (Å²) in [5, 5.41) is 17.0. The molecule has 234 valence electrons. The fourth-order valence-electron chi connectivity index (χ4n) is 5.34. The summed E-state index contributed by atoms with van der Waals surface area (Å²) in [7, 11) is 2.99. The molecule has 1 aliphatic carbocycles. The van der Waals surface area contributed by atoms with Gasteiger partial charge in [0.05, 0.1) is 29.7 Å². The zero-order valence-electron chi connectivity index (χ0n) is 26.0. The molecule has 0 fully saturated rings. The first kappa shape index (κ1) is 34.9. The Bertz CT molecular complexity index is 1150. The molecule has 0 unspecified atom stereocenters. The molecule has 0 aromatic carbocycles. The molecule has 2 amide bonds. The standard InChI is InChI=1S/C31H47N3O8/c1-16(2)33-26-21-12-17(3)13-25(41-8)27(36)19(5)14-20(6)29(42-31(32)39)24(40-7)11-9-10-18(4)30(38)34-22(28(21)37)15-23(26)35/h10,14-17,19,24-25,27,29,33,36H,9,11-13H2,1-8H3,(H2,32,39)(H,34,38)/b18-10+,20-14+/t17-,19+,24+,25+,27-,29+/m1/s1. The van der Waals surface area contributed by atoms with Crippen molar-refractivity contribution in [1.82, 2.24) is 10.6 Å². The number of ether oxygens (including phenoxy) is 3. The van der Waals surface area contributed by atoms with Crippen molar-refractivity contribution in [2.24, 2.45) is 17.6 Å². The van der Waals surface area contributed by atoms with Gasteiger partial charge in [-0.1, -0.05) is 26.0 Å². The van der Waals surface area contributed by atoms with E-state index in [9.17, 15) is 24.3 Å². The number of Topliss-reactive ketones (excluding diaryl/α,β-unsaturated/α-hetero) is 1. The zero-order chi connectivity index (χ0) is 31.7. The molecule has 11 heteroatoms. The number of primary amides is 1. The summed E-state index contributed by atoms with van der Waals surface area (Å²) in [6.45, 7) is 10.9. The first-order valence-corrected chi connectivity index (χ1v) is 14.4. The highest BCUT2D eigenvalue weighted by Gasteiger charge is 2.34. The second-order valence-corrected chi connectivity index (χ2v) is 11.5. The Hall–Kier alpha value is -3.28. The Balaban J connectivity index is 2.58. The first-order valence-electron chi connectivity index (χ1n) is 14.4. The number of aliphatic hydroxyl groups is 1. The smallest absolute Gasteiger partial charge is 0.405 e. The molecule has 0 aromatic heterocycles. The van der Waals surface area contributed by atoms with Crippen LogP contribution in [0.2, 0.25) is 0 Å². The number of methoxy groups -OCH3 is 2. The van der Waals surface area contributed by atoms with Gasteiger partial charge in [0.25, 0.3) is 5.91 Å². The van der Waals surface area contributed by atoms with Crippen molar-refractivity contribution in [3.8, 4) is 0 Å². The maximum atomic E-state index is 13.6. The average molecular weight is 590 g/mol. The van der Waals surface area contributed by atoms with Crippen LogP contribution in [-0.4, -0.2) is 73.4 Å². The third kappa shape index (κ3) is 9.37. The van der Waals surface area contributed by atoms with Gasteiger partial charge >= 0.3 is 6.09 Å². The molecule has 1 aliphatic heterocycles. The minimum Gasteiger partial charge on any atom is -0.439 e. The highest BCUT2D eigenvalue weighted by molar-refractivity contribution is 6.23. The number of allylic oxidation sites excluding steroid dienone is 3. The largest absolute Gasteiger partial charge is 0.439 e. The van der Waals surface area contributed by atoms with E-state index in [1.807, 2.05) is 27.7 Å². The quantitative estimate of drug-likeness (QED) is 0.278. The van der Waals surface area contributed by atoms with Gasteiger partial charge in [-0.2, -0.15) is 0 Å². The summed E-state index contributed by atoms with van der Waals surface area (Å²) in [5.74, 6) is -1.93. The molecule has 5 N–H and O–H groups in total. The average Bonchev–Trinajstić information content (AvgIpc) is 2.91. The fraction of sp³-hybridized carbons (Fsp3) is 0.613. The zero-order valence-corrected chi connectivity index (χ0v) is 26.0. The molecule has 0 saturated carbocycles. The maximum Gasteiger partial charge on any atom is 0.405 e. The number of carbonyl (C=O) groups is 4. The van der Waals surface area contributed by atoms with E-state index in [1.54, 1.807) is 26.0 Å². The number of rotatable bonds is 5. The van der Waals surface area contributed by atoms with Gasteiger partial charge in [-0.3, -0.25) is 14.4 Å². The Morgan fingerprint density at radius 3 is 2.33 bits per heavy atom. The first-order chi connectivity index (χ1) is 19.7. The number of hydrogen-bond donors (Lipinski definition) is 4. The van der Waals surface area contributed by atoms with Crippen LogP contribution in [0.4, 0.5) is 4.79 Å². The second kappa shape index (κ2) is 15.8. The van der Waals surface area contributed by atoms with E-state index in [0.29, 0.717) is 30.4 Å². The predicted molar refractivity (Wildman–Crippen MR) is 158 cm³/mol. The lowest BCUT2D eigenvalue weighted by atomic mass is 9.85. The third-order valence-electron chi connectivity index (χ3n) is 7.55. The topological polar surface area (TPSA) is 166 Å². The van der Waals surface area contributed by atoms with Gasteiger partial charge in [0.1, 0.15) is 0 Å². The van der Waals surface area contributed by atoms with Crippen LogP contribution in [0.3, 0.4) is 0 Å². The lowest BCUT2D eigenvalue weighted by molar-refractivity contribution is -0.120. The Morgan fingerprint density at radius 2 is 1.76 bits per heavy atom. The van der Waals surface area contributed by atoms with Crippen molar-refractivity contribution in [2.45, 2.75) is 97.7 Å². The van der Waals surface area contributed by atoms with Gasteiger partial charge in [-0.25, -0.2) is 4.79 Å². The summed E-state index contributed by atoms with van der Waals surface area (Å²) < 4.78 is 16.7. The predicted octanol–water partition coefficient (Wildman–Crippen LogP) is 2.98. The van der Waals surface area contributed by atoms with Crippen molar-refractivity contribution in [3.05, 3.63) is 46.3 Å². The molecule has 0 radical (unpaired) electrons. The van der Waals surface area contributed by atoms with Crippen LogP contribution in [0.5, 0.6) is 0 Å². The number of aliphatic hydroxyl groups excluding tert-OH is 1. The van der Waals surface area contributed by atoms with Gasteiger partial charge in [0.15, 0.2) is 6.10 Å². The van der Waals surface area contributed by atoms with Crippen LogP contribution in [0.1, 0.15) is 67.2 Å². The van der Waals surface area contributed by atoms with E-state index in [4.69, 9.17) is 19.9 Å². The molecular formula is C31H47N3O8. The van der Waals surface area contributed by atoms with Gasteiger partial charge in [-0.05, 0) is 64.9 Å². The molecule has 2 rings (SSSR count). The van der Waals surface area contributed by atoms with Gasteiger partial charge in [-0.15, -0.1) is 0 Å². The van der Waals surface area contributed by atoms with Crippen molar-refractivity contribution in [3.63, 3.8) is 0 Å². The van der Waals surface area contributed by atoms with Crippen LogP contribution in [0.15, 0.2) is 46.3 Å². The van der Waals surface area contributed by atoms with Crippen molar-refractivity contribution in [2.75, 3.05) is 14.2 Å². The lowest BCUT2D eigenvalue weighted by Crippen LogP contribution is -2.38. The monoisotopic (exact) mass is 589 g/mol. The number of nitrogens with one attached hydrogen (secondary N) is 2. The van der Waals surface area contributed by atoms with Crippen molar-refractivity contribution < 1.29 is 38.5 Å². The summed E-state index contributed by atoms with van der Waals surface area (Å²) in [5.41, 5.74) is 6.75. The van der Waals surface area contributed by atoms with Crippen molar-refractivity contribution in [1.29, 1.82) is 0 Å². The van der Waals surface area contributed by atoms with E-state index in [2.05, 4.69) is 10.6 Å². The number of amides is 2. The molecule has 0 saturated heterocycles. The molecule has 2 bridgehead atoms. The summed E-state index contributed by atoms with van der Waals surface area (Å²) in [6.07, 6.45) is 2.08. The highest BCUT2D eigenvalue weighted by atomic mass is 16.6. The highest BCUT2D eigenvalue weighted by Crippen LogP contribution is 2.29. The Labute approximate surface area is 248 Å². The molecule has 0 aromatic rings. The maximum absolute atomic E-state index is 13.6. The molecule has 0 spiro atoms. The van der Waals surface area contributed by atoms with Crippen LogP contribution in [-0.2, 0) is 28.6 Å². The van der Waals surface area contributed by atoms with E-state index >= 15 is 0 Å². The summed E-state index contributed by atoms with van der Waals surface area (Å²) >= 11 is 0. The normalized spacial score (nSPS) is 31.5. The number of hydrogen-bond acceptors (Lipinski definition) is 9.